The van der Waals surface area contributed by atoms with Gasteiger partial charge in [0.1, 0.15) is 6.17 Å². The topological polar surface area (TPSA) is 50.7 Å². The number of thiophene rings is 1. The van der Waals surface area contributed by atoms with E-state index in [-0.39, 0.29) is 0 Å². The third kappa shape index (κ3) is 2.82. The second kappa shape index (κ2) is 6.51. The highest BCUT2D eigenvalue weighted by molar-refractivity contribution is 7.26. The molecule has 0 aliphatic rings. The molecule has 4 rings (SSSR count). The van der Waals surface area contributed by atoms with Gasteiger partial charge in [0.05, 0.1) is 6.54 Å². The Morgan fingerprint density at radius 2 is 1.58 bits per heavy atom. The molecular formula is C20H17N3S. The summed E-state index contributed by atoms with van der Waals surface area (Å²) in [6.07, 6.45) is -0.409. The zero-order valence-electron chi connectivity index (χ0n) is 13.1. The number of nitrogens with two attached hydrogens (primary N) is 1. The molecule has 0 radical (unpaired) electrons. The Hall–Kier alpha value is -2.56. The summed E-state index contributed by atoms with van der Waals surface area (Å²) in [6, 6.07) is 24.7. The van der Waals surface area contributed by atoms with E-state index in [4.69, 9.17) is 5.73 Å². The summed E-state index contributed by atoms with van der Waals surface area (Å²) >= 11 is 1.81. The van der Waals surface area contributed by atoms with Crippen LogP contribution in [0.2, 0.25) is 0 Å². The Kier molecular flexibility index (Phi) is 4.07. The van der Waals surface area contributed by atoms with Gasteiger partial charge in [0.15, 0.2) is 0 Å². The molecule has 0 spiro atoms. The lowest BCUT2D eigenvalue weighted by Crippen LogP contribution is -2.06. The molecule has 2 N–H and O–H groups in total. The van der Waals surface area contributed by atoms with Crippen LogP contribution in [0.4, 0.5) is 0 Å². The van der Waals surface area contributed by atoms with Crippen molar-refractivity contribution in [1.82, 2.24) is 0 Å². The van der Waals surface area contributed by atoms with Crippen LogP contribution in [-0.4, -0.2) is 0 Å². The van der Waals surface area contributed by atoms with Gasteiger partial charge in [-0.3, -0.25) is 0 Å². The minimum atomic E-state index is -0.409. The molecule has 0 aliphatic carbocycles. The summed E-state index contributed by atoms with van der Waals surface area (Å²) in [5.74, 6) is 0. The third-order valence-corrected chi connectivity index (χ3v) is 5.34. The van der Waals surface area contributed by atoms with E-state index in [9.17, 15) is 0 Å². The van der Waals surface area contributed by atoms with Crippen LogP contribution < -0.4 is 5.73 Å². The molecule has 1 unspecified atom stereocenters. The Morgan fingerprint density at radius 1 is 0.833 bits per heavy atom. The zero-order chi connectivity index (χ0) is 16.4. The first kappa shape index (κ1) is 15.0. The average Bonchev–Trinajstić information content (AvgIpc) is 3.02. The number of nitrogens with zero attached hydrogens (tertiary/aromatic N) is 2. The van der Waals surface area contributed by atoms with Gasteiger partial charge in [0, 0.05) is 20.2 Å². The summed E-state index contributed by atoms with van der Waals surface area (Å²) in [6.45, 7) is 0.546. The Balaban J connectivity index is 1.62. The number of azo groups is 1. The van der Waals surface area contributed by atoms with Crippen molar-refractivity contribution in [1.29, 1.82) is 0 Å². The molecule has 118 valence electrons. The standard InChI is InChI=1S/C20H17N3S/c21-20(14-7-2-1-3-8-14)23-22-13-15-9-6-11-17-16-10-4-5-12-18(16)24-19(15)17/h1-12,20H,13,21H2. The molecule has 4 aromatic rings. The van der Waals surface area contributed by atoms with Crippen LogP contribution in [0.25, 0.3) is 20.2 Å². The second-order valence-electron chi connectivity index (χ2n) is 5.66. The van der Waals surface area contributed by atoms with Gasteiger partial charge in [-0.05, 0) is 17.2 Å². The molecule has 3 nitrogen and oxygen atoms in total. The third-order valence-electron chi connectivity index (χ3n) is 4.07. The van der Waals surface area contributed by atoms with E-state index in [1.54, 1.807) is 0 Å². The highest BCUT2D eigenvalue weighted by atomic mass is 32.1. The maximum Gasteiger partial charge on any atom is 0.144 e. The molecule has 0 fully saturated rings. The van der Waals surface area contributed by atoms with Crippen molar-refractivity contribution in [2.45, 2.75) is 12.7 Å². The molecule has 1 aromatic heterocycles. The quantitative estimate of drug-likeness (QED) is 0.482. The summed E-state index contributed by atoms with van der Waals surface area (Å²) in [4.78, 5) is 0. The van der Waals surface area contributed by atoms with E-state index in [2.05, 4.69) is 52.7 Å². The maximum absolute atomic E-state index is 6.08. The Bertz CT molecular complexity index is 1010. The van der Waals surface area contributed by atoms with Gasteiger partial charge in [-0.25, -0.2) is 0 Å². The number of fused-ring (bicyclic) bond motifs is 3. The number of hydrogen-bond acceptors (Lipinski definition) is 4. The second-order valence-corrected chi connectivity index (χ2v) is 6.71. The van der Waals surface area contributed by atoms with Crippen LogP contribution in [-0.2, 0) is 6.54 Å². The highest BCUT2D eigenvalue weighted by Crippen LogP contribution is 2.35. The fourth-order valence-electron chi connectivity index (χ4n) is 2.85. The monoisotopic (exact) mass is 331 g/mol. The van der Waals surface area contributed by atoms with Crippen molar-refractivity contribution >= 4 is 31.5 Å². The maximum atomic E-state index is 6.08. The Morgan fingerprint density at radius 3 is 2.46 bits per heavy atom. The normalized spacial score (nSPS) is 13.0. The van der Waals surface area contributed by atoms with Crippen LogP contribution in [0.15, 0.2) is 83.0 Å². The summed E-state index contributed by atoms with van der Waals surface area (Å²) < 4.78 is 2.59. The first-order chi connectivity index (χ1) is 11.8. The number of hydrogen-bond donors (Lipinski definition) is 1. The molecule has 0 saturated heterocycles. The van der Waals surface area contributed by atoms with E-state index in [1.807, 2.05) is 41.7 Å². The molecule has 0 saturated carbocycles. The van der Waals surface area contributed by atoms with Gasteiger partial charge in [0.2, 0.25) is 0 Å². The summed E-state index contributed by atoms with van der Waals surface area (Å²) in [5.41, 5.74) is 8.24. The fraction of sp³-hybridized carbons (Fsp3) is 0.100. The summed E-state index contributed by atoms with van der Waals surface area (Å²) in [5, 5.41) is 11.2. The van der Waals surface area contributed by atoms with Crippen molar-refractivity contribution in [3.05, 3.63) is 83.9 Å². The summed E-state index contributed by atoms with van der Waals surface area (Å²) in [7, 11) is 0. The predicted molar refractivity (Wildman–Crippen MR) is 101 cm³/mol. The smallest absolute Gasteiger partial charge is 0.144 e. The first-order valence-electron chi connectivity index (χ1n) is 7.89. The molecular weight excluding hydrogens is 314 g/mol. The fourth-order valence-corrected chi connectivity index (χ4v) is 4.06. The lowest BCUT2D eigenvalue weighted by molar-refractivity contribution is 0.693. The molecule has 24 heavy (non-hydrogen) atoms. The van der Waals surface area contributed by atoms with Crippen molar-refractivity contribution in [3.63, 3.8) is 0 Å². The minimum Gasteiger partial charge on any atom is -0.304 e. The largest absolute Gasteiger partial charge is 0.304 e. The van der Waals surface area contributed by atoms with Crippen molar-refractivity contribution < 1.29 is 0 Å². The Labute approximate surface area is 144 Å². The van der Waals surface area contributed by atoms with Crippen LogP contribution in [0, 0.1) is 0 Å². The van der Waals surface area contributed by atoms with Crippen LogP contribution in [0.5, 0.6) is 0 Å². The lowest BCUT2D eigenvalue weighted by atomic mass is 10.1. The van der Waals surface area contributed by atoms with E-state index in [0.29, 0.717) is 6.54 Å². The van der Waals surface area contributed by atoms with Crippen LogP contribution in [0.1, 0.15) is 17.3 Å². The number of benzene rings is 3. The average molecular weight is 331 g/mol. The van der Waals surface area contributed by atoms with Crippen LogP contribution >= 0.6 is 11.3 Å². The van der Waals surface area contributed by atoms with Gasteiger partial charge in [-0.15, -0.1) is 11.3 Å². The van der Waals surface area contributed by atoms with Crippen molar-refractivity contribution in [2.24, 2.45) is 16.0 Å². The van der Waals surface area contributed by atoms with Crippen molar-refractivity contribution in [2.75, 3.05) is 0 Å². The van der Waals surface area contributed by atoms with E-state index < -0.39 is 6.17 Å². The predicted octanol–water partition coefficient (Wildman–Crippen LogP) is 5.66. The zero-order valence-corrected chi connectivity index (χ0v) is 13.9. The lowest BCUT2D eigenvalue weighted by Gasteiger charge is -2.05. The molecule has 0 bridgehead atoms. The molecule has 3 aromatic carbocycles. The number of rotatable bonds is 4. The van der Waals surface area contributed by atoms with Gasteiger partial charge in [-0.2, -0.15) is 10.2 Å². The highest BCUT2D eigenvalue weighted by Gasteiger charge is 2.08. The molecule has 1 heterocycles. The van der Waals surface area contributed by atoms with Crippen LogP contribution in [0.3, 0.4) is 0 Å². The minimum absolute atomic E-state index is 0.409. The molecule has 0 aliphatic heterocycles. The van der Waals surface area contributed by atoms with E-state index in [0.717, 1.165) is 5.56 Å². The van der Waals surface area contributed by atoms with Gasteiger partial charge in [-0.1, -0.05) is 66.7 Å². The van der Waals surface area contributed by atoms with Crippen molar-refractivity contribution in [3.8, 4) is 0 Å². The molecule has 4 heteroatoms. The van der Waals surface area contributed by atoms with E-state index >= 15 is 0 Å². The van der Waals surface area contributed by atoms with Gasteiger partial charge in [0.25, 0.3) is 0 Å². The molecule has 1 atom stereocenters. The van der Waals surface area contributed by atoms with E-state index in [1.165, 1.54) is 25.7 Å². The first-order valence-corrected chi connectivity index (χ1v) is 8.71. The van der Waals surface area contributed by atoms with Gasteiger partial charge >= 0.3 is 0 Å². The van der Waals surface area contributed by atoms with Gasteiger partial charge < -0.3 is 5.73 Å². The molecule has 0 amide bonds. The SMILES string of the molecule is NC(N=NCc1cccc2c1sc1ccccc12)c1ccccc1.